The van der Waals surface area contributed by atoms with E-state index in [1.807, 2.05) is 18.5 Å². The molecule has 2 aromatic rings. The molecule has 0 aromatic carbocycles. The van der Waals surface area contributed by atoms with Gasteiger partial charge in [-0.2, -0.15) is 0 Å². The lowest BCUT2D eigenvalue weighted by Gasteiger charge is -2.29. The van der Waals surface area contributed by atoms with Crippen molar-refractivity contribution in [2.24, 2.45) is 0 Å². The van der Waals surface area contributed by atoms with Gasteiger partial charge in [-0.15, -0.1) is 0 Å². The Morgan fingerprint density at radius 2 is 2.14 bits per heavy atom. The second kappa shape index (κ2) is 5.71. The van der Waals surface area contributed by atoms with Gasteiger partial charge in [0.15, 0.2) is 0 Å². The molecule has 1 aliphatic heterocycles. The molecule has 6 heteroatoms. The largest absolute Gasteiger partial charge is 0.370 e. The van der Waals surface area contributed by atoms with Crippen molar-refractivity contribution in [2.75, 3.05) is 23.3 Å². The fourth-order valence-electron chi connectivity index (χ4n) is 2.51. The van der Waals surface area contributed by atoms with Crippen LogP contribution in [0.15, 0.2) is 18.5 Å². The molecule has 1 aliphatic rings. The van der Waals surface area contributed by atoms with Crippen molar-refractivity contribution >= 4 is 11.6 Å². The maximum Gasteiger partial charge on any atom is 0.135 e. The molecule has 2 aromatic heterocycles. The van der Waals surface area contributed by atoms with E-state index in [-0.39, 0.29) is 0 Å². The predicted molar refractivity (Wildman–Crippen MR) is 83.6 cm³/mol. The molecule has 0 atom stereocenters. The van der Waals surface area contributed by atoms with Crippen molar-refractivity contribution in [3.63, 3.8) is 0 Å². The first-order valence-electron chi connectivity index (χ1n) is 7.55. The second-order valence-electron chi connectivity index (χ2n) is 5.61. The van der Waals surface area contributed by atoms with Gasteiger partial charge in [-0.25, -0.2) is 15.0 Å². The van der Waals surface area contributed by atoms with E-state index in [2.05, 4.69) is 45.5 Å². The highest BCUT2D eigenvalue weighted by Gasteiger charge is 2.19. The first kappa shape index (κ1) is 13.9. The SMILES string of the molecule is CCNc1cc(N2CCn3ccnc3C2)nc(C(C)C)n1. The van der Waals surface area contributed by atoms with Crippen LogP contribution in [0.1, 0.15) is 38.3 Å². The van der Waals surface area contributed by atoms with Crippen LogP contribution in [0.5, 0.6) is 0 Å². The molecule has 21 heavy (non-hydrogen) atoms. The van der Waals surface area contributed by atoms with E-state index in [1.54, 1.807) is 0 Å². The third-order valence-electron chi connectivity index (χ3n) is 3.67. The van der Waals surface area contributed by atoms with Crippen LogP contribution in [0, 0.1) is 0 Å². The van der Waals surface area contributed by atoms with Gasteiger partial charge in [-0.05, 0) is 6.92 Å². The van der Waals surface area contributed by atoms with Crippen LogP contribution >= 0.6 is 0 Å². The molecular weight excluding hydrogens is 264 g/mol. The number of hydrogen-bond donors (Lipinski definition) is 1. The van der Waals surface area contributed by atoms with E-state index in [0.717, 1.165) is 49.5 Å². The molecule has 0 fully saturated rings. The zero-order chi connectivity index (χ0) is 14.8. The molecule has 0 unspecified atom stereocenters. The number of imidazole rings is 1. The van der Waals surface area contributed by atoms with Gasteiger partial charge in [0.25, 0.3) is 0 Å². The summed E-state index contributed by atoms with van der Waals surface area (Å²) < 4.78 is 2.20. The van der Waals surface area contributed by atoms with Gasteiger partial charge in [0, 0.05) is 44.0 Å². The summed E-state index contributed by atoms with van der Waals surface area (Å²) >= 11 is 0. The summed E-state index contributed by atoms with van der Waals surface area (Å²) in [6.07, 6.45) is 3.90. The van der Waals surface area contributed by atoms with Gasteiger partial charge in [-0.1, -0.05) is 13.8 Å². The molecule has 6 nitrogen and oxygen atoms in total. The van der Waals surface area contributed by atoms with Gasteiger partial charge in [0.2, 0.25) is 0 Å². The number of rotatable bonds is 4. The minimum atomic E-state index is 0.314. The molecule has 3 heterocycles. The minimum absolute atomic E-state index is 0.314. The van der Waals surface area contributed by atoms with Gasteiger partial charge in [0.05, 0.1) is 6.54 Å². The Morgan fingerprint density at radius 1 is 1.29 bits per heavy atom. The molecule has 0 radical (unpaired) electrons. The lowest BCUT2D eigenvalue weighted by atomic mass is 10.2. The predicted octanol–water partition coefficient (Wildman–Crippen LogP) is 2.25. The highest BCUT2D eigenvalue weighted by atomic mass is 15.3. The lowest BCUT2D eigenvalue weighted by Crippen LogP contribution is -2.34. The number of hydrogen-bond acceptors (Lipinski definition) is 5. The summed E-state index contributed by atoms with van der Waals surface area (Å²) in [5.74, 6) is 4.18. The fourth-order valence-corrected chi connectivity index (χ4v) is 2.51. The Balaban J connectivity index is 1.91. The first-order valence-corrected chi connectivity index (χ1v) is 7.55. The smallest absolute Gasteiger partial charge is 0.135 e. The van der Waals surface area contributed by atoms with E-state index in [4.69, 9.17) is 4.98 Å². The Kier molecular flexibility index (Phi) is 3.77. The van der Waals surface area contributed by atoms with Gasteiger partial charge in [0.1, 0.15) is 23.3 Å². The van der Waals surface area contributed by atoms with Crippen molar-refractivity contribution in [1.82, 2.24) is 19.5 Å². The molecule has 0 saturated heterocycles. The summed E-state index contributed by atoms with van der Waals surface area (Å²) in [5, 5.41) is 3.30. The average molecular weight is 286 g/mol. The summed E-state index contributed by atoms with van der Waals surface area (Å²) in [7, 11) is 0. The van der Waals surface area contributed by atoms with Gasteiger partial charge in [-0.3, -0.25) is 0 Å². The maximum absolute atomic E-state index is 4.73. The molecule has 1 N–H and O–H groups in total. The highest BCUT2D eigenvalue weighted by Crippen LogP contribution is 2.23. The lowest BCUT2D eigenvalue weighted by molar-refractivity contribution is 0.554. The quantitative estimate of drug-likeness (QED) is 0.934. The van der Waals surface area contributed by atoms with Crippen LogP contribution in [0.2, 0.25) is 0 Å². The Hall–Kier alpha value is -2.11. The molecule has 0 aliphatic carbocycles. The number of anilines is 2. The summed E-state index contributed by atoms with van der Waals surface area (Å²) in [5.41, 5.74) is 0. The Bertz CT molecular complexity index is 618. The van der Waals surface area contributed by atoms with Crippen LogP contribution in [-0.4, -0.2) is 32.6 Å². The standard InChI is InChI=1S/C15H22N6/c1-4-16-12-9-13(19-15(18-12)11(2)3)21-8-7-20-6-5-17-14(20)10-21/h5-6,9,11H,4,7-8,10H2,1-3H3,(H,16,18,19). The van der Waals surface area contributed by atoms with E-state index in [9.17, 15) is 0 Å². The normalized spacial score (nSPS) is 14.4. The summed E-state index contributed by atoms with van der Waals surface area (Å²) in [6.45, 7) is 9.88. The number of fused-ring (bicyclic) bond motifs is 1. The van der Waals surface area contributed by atoms with E-state index in [0.29, 0.717) is 5.92 Å². The Labute approximate surface area is 125 Å². The molecule has 0 saturated carbocycles. The van der Waals surface area contributed by atoms with Gasteiger partial charge < -0.3 is 14.8 Å². The van der Waals surface area contributed by atoms with Crippen molar-refractivity contribution in [2.45, 2.75) is 39.8 Å². The zero-order valence-electron chi connectivity index (χ0n) is 12.9. The van der Waals surface area contributed by atoms with Crippen LogP contribution in [0.4, 0.5) is 11.6 Å². The van der Waals surface area contributed by atoms with Crippen LogP contribution in [0.25, 0.3) is 0 Å². The molecule has 3 rings (SSSR count). The average Bonchev–Trinajstić information content (AvgIpc) is 2.94. The van der Waals surface area contributed by atoms with E-state index >= 15 is 0 Å². The second-order valence-corrected chi connectivity index (χ2v) is 5.61. The third-order valence-corrected chi connectivity index (χ3v) is 3.67. The van der Waals surface area contributed by atoms with Crippen LogP contribution in [0.3, 0.4) is 0 Å². The number of nitrogens with one attached hydrogen (secondary N) is 1. The van der Waals surface area contributed by atoms with Crippen molar-refractivity contribution in [1.29, 1.82) is 0 Å². The maximum atomic E-state index is 4.73. The number of aromatic nitrogens is 4. The molecule has 112 valence electrons. The number of nitrogens with zero attached hydrogens (tertiary/aromatic N) is 5. The molecule has 0 spiro atoms. The summed E-state index contributed by atoms with van der Waals surface area (Å²) in [4.78, 5) is 16.0. The van der Waals surface area contributed by atoms with Crippen LogP contribution in [-0.2, 0) is 13.1 Å². The van der Waals surface area contributed by atoms with Crippen LogP contribution < -0.4 is 10.2 Å². The molecule has 0 bridgehead atoms. The van der Waals surface area contributed by atoms with E-state index in [1.165, 1.54) is 0 Å². The molecular formula is C15H22N6. The monoisotopic (exact) mass is 286 g/mol. The van der Waals surface area contributed by atoms with Crippen molar-refractivity contribution < 1.29 is 0 Å². The minimum Gasteiger partial charge on any atom is -0.370 e. The van der Waals surface area contributed by atoms with Gasteiger partial charge >= 0.3 is 0 Å². The first-order chi connectivity index (χ1) is 10.2. The summed E-state index contributed by atoms with van der Waals surface area (Å²) in [6, 6.07) is 2.04. The third kappa shape index (κ3) is 2.84. The van der Waals surface area contributed by atoms with E-state index < -0.39 is 0 Å². The fraction of sp³-hybridized carbons (Fsp3) is 0.533. The van der Waals surface area contributed by atoms with Crippen molar-refractivity contribution in [3.05, 3.63) is 30.1 Å². The molecule has 0 amide bonds. The topological polar surface area (TPSA) is 58.9 Å². The highest BCUT2D eigenvalue weighted by molar-refractivity contribution is 5.50. The van der Waals surface area contributed by atoms with Crippen molar-refractivity contribution in [3.8, 4) is 0 Å². The Morgan fingerprint density at radius 3 is 2.90 bits per heavy atom. The zero-order valence-corrected chi connectivity index (χ0v) is 12.9.